The Morgan fingerprint density at radius 3 is 2.31 bits per heavy atom. The standard InChI is InChI=1S/C24H19ClN2O3S2/c1-15-10-12-19(13-11-15)32(29,30)23-20(26)22(21(28)16-6-3-2-4-7-16)31-24(23)27-18-9-5-8-17(25)14-18/h2-14,27H,26H2,1H3. The minimum absolute atomic E-state index is 0.0750. The van der Waals surface area contributed by atoms with E-state index in [9.17, 15) is 13.2 Å². The van der Waals surface area contributed by atoms with Crippen LogP contribution in [0.25, 0.3) is 0 Å². The smallest absolute Gasteiger partial charge is 0.211 e. The van der Waals surface area contributed by atoms with Crippen LogP contribution in [-0.2, 0) is 9.84 Å². The van der Waals surface area contributed by atoms with Gasteiger partial charge in [0.05, 0.1) is 10.6 Å². The molecule has 0 unspecified atom stereocenters. The molecule has 3 N–H and O–H groups in total. The number of thiophene rings is 1. The van der Waals surface area contributed by atoms with Crippen LogP contribution >= 0.6 is 22.9 Å². The average Bonchev–Trinajstić information content (AvgIpc) is 3.10. The van der Waals surface area contributed by atoms with Gasteiger partial charge in [-0.05, 0) is 37.3 Å². The number of nitrogens with one attached hydrogen (secondary N) is 1. The quantitative estimate of drug-likeness (QED) is 0.324. The Kier molecular flexibility index (Phi) is 6.06. The summed E-state index contributed by atoms with van der Waals surface area (Å²) in [5, 5.41) is 3.83. The molecule has 162 valence electrons. The molecule has 0 aliphatic rings. The van der Waals surface area contributed by atoms with E-state index in [1.165, 1.54) is 12.1 Å². The molecule has 1 heterocycles. The normalized spacial score (nSPS) is 11.3. The lowest BCUT2D eigenvalue weighted by atomic mass is 10.1. The predicted octanol–water partition coefficient (Wildman–Crippen LogP) is 6.10. The van der Waals surface area contributed by atoms with Gasteiger partial charge in [0, 0.05) is 16.3 Å². The van der Waals surface area contributed by atoms with Crippen LogP contribution in [0, 0.1) is 6.92 Å². The maximum Gasteiger partial charge on any atom is 0.211 e. The molecular formula is C24H19ClN2O3S2. The summed E-state index contributed by atoms with van der Waals surface area (Å²) in [6.45, 7) is 1.87. The number of carbonyl (C=O) groups excluding carboxylic acids is 1. The highest BCUT2D eigenvalue weighted by Gasteiger charge is 2.31. The van der Waals surface area contributed by atoms with Crippen molar-refractivity contribution in [2.45, 2.75) is 16.7 Å². The van der Waals surface area contributed by atoms with Gasteiger partial charge in [0.1, 0.15) is 14.8 Å². The first-order valence-corrected chi connectivity index (χ1v) is 12.3. The zero-order valence-electron chi connectivity index (χ0n) is 17.0. The molecule has 5 nitrogen and oxygen atoms in total. The lowest BCUT2D eigenvalue weighted by Gasteiger charge is -2.10. The molecule has 0 atom stereocenters. The molecule has 8 heteroatoms. The van der Waals surface area contributed by atoms with Gasteiger partial charge < -0.3 is 11.1 Å². The SMILES string of the molecule is Cc1ccc(S(=O)(=O)c2c(Nc3cccc(Cl)c3)sc(C(=O)c3ccccc3)c2N)cc1. The topological polar surface area (TPSA) is 89.3 Å². The Bertz CT molecular complexity index is 1400. The van der Waals surface area contributed by atoms with Crippen LogP contribution in [0.1, 0.15) is 20.8 Å². The number of anilines is 3. The van der Waals surface area contributed by atoms with Gasteiger partial charge in [0.25, 0.3) is 0 Å². The van der Waals surface area contributed by atoms with Crippen LogP contribution in [0.3, 0.4) is 0 Å². The summed E-state index contributed by atoms with van der Waals surface area (Å²) in [5.74, 6) is -0.340. The van der Waals surface area contributed by atoms with Crippen molar-refractivity contribution in [2.75, 3.05) is 11.1 Å². The molecule has 4 rings (SSSR count). The maximum atomic E-state index is 13.6. The van der Waals surface area contributed by atoms with Crippen molar-refractivity contribution in [3.05, 3.63) is 99.9 Å². The molecule has 1 aromatic heterocycles. The third kappa shape index (κ3) is 4.27. The Balaban J connectivity index is 1.89. The van der Waals surface area contributed by atoms with Crippen molar-refractivity contribution in [1.29, 1.82) is 0 Å². The van der Waals surface area contributed by atoms with Crippen LogP contribution in [0.15, 0.2) is 88.7 Å². The average molecular weight is 483 g/mol. The van der Waals surface area contributed by atoms with Gasteiger partial charge in [-0.3, -0.25) is 4.79 Å². The van der Waals surface area contributed by atoms with Gasteiger partial charge >= 0.3 is 0 Å². The Labute approximate surface area is 195 Å². The molecule has 0 saturated heterocycles. The van der Waals surface area contributed by atoms with Crippen molar-refractivity contribution in [3.8, 4) is 0 Å². The van der Waals surface area contributed by atoms with Crippen LogP contribution in [0.2, 0.25) is 5.02 Å². The summed E-state index contributed by atoms with van der Waals surface area (Å²) in [5.41, 5.74) is 8.19. The summed E-state index contributed by atoms with van der Waals surface area (Å²) >= 11 is 7.09. The number of ketones is 1. The molecule has 0 aliphatic carbocycles. The molecule has 3 aromatic carbocycles. The number of nitrogens with two attached hydrogens (primary N) is 1. The molecule has 0 amide bonds. The van der Waals surface area contributed by atoms with E-state index in [1.54, 1.807) is 66.7 Å². The van der Waals surface area contributed by atoms with E-state index in [0.717, 1.165) is 16.9 Å². The van der Waals surface area contributed by atoms with E-state index in [0.29, 0.717) is 16.3 Å². The van der Waals surface area contributed by atoms with Crippen molar-refractivity contribution >= 4 is 54.9 Å². The number of sulfone groups is 1. The van der Waals surface area contributed by atoms with E-state index in [-0.39, 0.29) is 31.1 Å². The molecule has 0 radical (unpaired) electrons. The third-order valence-electron chi connectivity index (χ3n) is 4.82. The van der Waals surface area contributed by atoms with Crippen molar-refractivity contribution in [2.24, 2.45) is 0 Å². The summed E-state index contributed by atoms with van der Waals surface area (Å²) in [6, 6.07) is 22.0. The zero-order chi connectivity index (χ0) is 22.9. The van der Waals surface area contributed by atoms with Gasteiger partial charge in [0.2, 0.25) is 15.6 Å². The number of aryl methyl sites for hydroxylation is 1. The highest BCUT2D eigenvalue weighted by molar-refractivity contribution is 7.92. The van der Waals surface area contributed by atoms with Crippen molar-refractivity contribution in [1.82, 2.24) is 0 Å². The second-order valence-corrected chi connectivity index (χ2v) is 10.5. The van der Waals surface area contributed by atoms with Crippen molar-refractivity contribution in [3.63, 3.8) is 0 Å². The molecule has 0 aliphatic heterocycles. The molecular weight excluding hydrogens is 464 g/mol. The van der Waals surface area contributed by atoms with Crippen LogP contribution in [-0.4, -0.2) is 14.2 Å². The second-order valence-electron chi connectivity index (χ2n) is 7.15. The number of nitrogen functional groups attached to an aromatic ring is 1. The van der Waals surface area contributed by atoms with Crippen LogP contribution in [0.5, 0.6) is 0 Å². The highest BCUT2D eigenvalue weighted by Crippen LogP contribution is 2.44. The fourth-order valence-electron chi connectivity index (χ4n) is 3.20. The molecule has 0 bridgehead atoms. The van der Waals surface area contributed by atoms with Gasteiger partial charge in [-0.25, -0.2) is 8.42 Å². The van der Waals surface area contributed by atoms with E-state index >= 15 is 0 Å². The van der Waals surface area contributed by atoms with Crippen LogP contribution < -0.4 is 11.1 Å². The van der Waals surface area contributed by atoms with Gasteiger partial charge in [-0.15, -0.1) is 11.3 Å². The number of benzene rings is 3. The number of halogens is 1. The molecule has 0 fully saturated rings. The summed E-state index contributed by atoms with van der Waals surface area (Å²) < 4.78 is 27.1. The lowest BCUT2D eigenvalue weighted by molar-refractivity contribution is 0.104. The van der Waals surface area contributed by atoms with Crippen molar-refractivity contribution < 1.29 is 13.2 Å². The Hall–Kier alpha value is -3.13. The summed E-state index contributed by atoms with van der Waals surface area (Å²) in [4.78, 5) is 13.3. The minimum Gasteiger partial charge on any atom is -0.396 e. The molecule has 0 saturated carbocycles. The highest BCUT2D eigenvalue weighted by atomic mass is 35.5. The first-order valence-electron chi connectivity index (χ1n) is 9.64. The Morgan fingerprint density at radius 2 is 1.66 bits per heavy atom. The number of carbonyl (C=O) groups is 1. The predicted molar refractivity (Wildman–Crippen MR) is 130 cm³/mol. The van der Waals surface area contributed by atoms with E-state index in [4.69, 9.17) is 17.3 Å². The van der Waals surface area contributed by atoms with Gasteiger partial charge in [-0.2, -0.15) is 0 Å². The number of hydrogen-bond acceptors (Lipinski definition) is 6. The summed E-state index contributed by atoms with van der Waals surface area (Å²) in [6.07, 6.45) is 0. The first-order chi connectivity index (χ1) is 15.3. The largest absolute Gasteiger partial charge is 0.396 e. The zero-order valence-corrected chi connectivity index (χ0v) is 19.4. The summed E-state index contributed by atoms with van der Waals surface area (Å²) in [7, 11) is -4.00. The van der Waals surface area contributed by atoms with E-state index < -0.39 is 9.84 Å². The second kappa shape index (κ2) is 8.78. The number of rotatable bonds is 6. The maximum absolute atomic E-state index is 13.6. The fraction of sp³-hybridized carbons (Fsp3) is 0.0417. The Morgan fingerprint density at radius 1 is 0.969 bits per heavy atom. The monoisotopic (exact) mass is 482 g/mol. The number of hydrogen-bond donors (Lipinski definition) is 2. The first kappa shape index (κ1) is 22.1. The van der Waals surface area contributed by atoms with E-state index in [2.05, 4.69) is 5.32 Å². The van der Waals surface area contributed by atoms with E-state index in [1.807, 2.05) is 6.92 Å². The molecule has 4 aromatic rings. The molecule has 0 spiro atoms. The lowest BCUT2D eigenvalue weighted by Crippen LogP contribution is -2.08. The van der Waals surface area contributed by atoms with Gasteiger partial charge in [0.15, 0.2) is 0 Å². The fourth-order valence-corrected chi connectivity index (χ4v) is 6.32. The van der Waals surface area contributed by atoms with Gasteiger partial charge in [-0.1, -0.05) is 65.7 Å². The molecule has 32 heavy (non-hydrogen) atoms. The minimum atomic E-state index is -4.00. The third-order valence-corrected chi connectivity index (χ3v) is 8.16. The van der Waals surface area contributed by atoms with Crippen LogP contribution in [0.4, 0.5) is 16.4 Å².